The summed E-state index contributed by atoms with van der Waals surface area (Å²) in [7, 11) is 0. The number of hydrogen-bond donors (Lipinski definition) is 2. The van der Waals surface area contributed by atoms with Crippen molar-refractivity contribution in [2.45, 2.75) is 25.8 Å². The topological polar surface area (TPSA) is 41.1 Å². The summed E-state index contributed by atoms with van der Waals surface area (Å²) < 4.78 is 13.1. The van der Waals surface area contributed by atoms with Gasteiger partial charge < -0.3 is 10.6 Å². The number of amides is 1. The van der Waals surface area contributed by atoms with Gasteiger partial charge in [0.15, 0.2) is 0 Å². The molecule has 0 bridgehead atoms. The molecule has 0 aliphatic carbocycles. The maximum absolute atomic E-state index is 13.1. The Morgan fingerprint density at radius 1 is 1.44 bits per heavy atom. The third-order valence-corrected chi connectivity index (χ3v) is 3.42. The summed E-state index contributed by atoms with van der Waals surface area (Å²) in [5, 5.41) is 6.19. The van der Waals surface area contributed by atoms with Gasteiger partial charge in [-0.05, 0) is 50.6 Å². The highest BCUT2D eigenvalue weighted by Crippen LogP contribution is 2.17. The van der Waals surface area contributed by atoms with Crippen LogP contribution in [0.3, 0.4) is 0 Å². The molecule has 1 unspecified atom stereocenters. The maximum Gasteiger partial charge on any atom is 0.223 e. The van der Waals surface area contributed by atoms with Crippen LogP contribution in [0, 0.1) is 11.7 Å². The Morgan fingerprint density at radius 2 is 2.17 bits per heavy atom. The van der Waals surface area contributed by atoms with E-state index in [2.05, 4.69) is 10.6 Å². The Morgan fingerprint density at radius 3 is 2.83 bits per heavy atom. The van der Waals surface area contributed by atoms with Crippen molar-refractivity contribution < 1.29 is 9.18 Å². The van der Waals surface area contributed by atoms with Gasteiger partial charge in [0.25, 0.3) is 0 Å². The molecule has 1 amide bonds. The van der Waals surface area contributed by atoms with Crippen LogP contribution >= 0.6 is 0 Å². The Balaban J connectivity index is 1.94. The van der Waals surface area contributed by atoms with Crippen molar-refractivity contribution in [3.05, 3.63) is 35.6 Å². The maximum atomic E-state index is 13.1. The molecule has 1 aromatic rings. The molecule has 1 aliphatic rings. The first-order valence-electron chi connectivity index (χ1n) is 6.43. The van der Waals surface area contributed by atoms with Gasteiger partial charge in [0.1, 0.15) is 5.82 Å². The van der Waals surface area contributed by atoms with Crippen molar-refractivity contribution in [3.8, 4) is 0 Å². The third-order valence-electron chi connectivity index (χ3n) is 3.42. The van der Waals surface area contributed by atoms with E-state index >= 15 is 0 Å². The monoisotopic (exact) mass is 250 g/mol. The van der Waals surface area contributed by atoms with Crippen molar-refractivity contribution >= 4 is 5.91 Å². The molecular formula is C14H19FN2O. The highest BCUT2D eigenvalue weighted by Gasteiger charge is 2.22. The lowest BCUT2D eigenvalue weighted by molar-refractivity contribution is -0.126. The summed E-state index contributed by atoms with van der Waals surface area (Å²) in [6, 6.07) is 6.22. The van der Waals surface area contributed by atoms with Crippen LogP contribution in [0.2, 0.25) is 0 Å². The molecule has 1 fully saturated rings. The minimum Gasteiger partial charge on any atom is -0.349 e. The molecule has 0 spiro atoms. The van der Waals surface area contributed by atoms with Gasteiger partial charge in [-0.25, -0.2) is 4.39 Å². The van der Waals surface area contributed by atoms with E-state index in [1.807, 2.05) is 13.0 Å². The second kappa shape index (κ2) is 5.96. The highest BCUT2D eigenvalue weighted by atomic mass is 19.1. The molecule has 1 aliphatic heterocycles. The van der Waals surface area contributed by atoms with Crippen LogP contribution in [0.4, 0.5) is 4.39 Å². The van der Waals surface area contributed by atoms with Gasteiger partial charge in [-0.1, -0.05) is 12.1 Å². The second-order valence-electron chi connectivity index (χ2n) is 4.81. The molecule has 0 radical (unpaired) electrons. The minimum absolute atomic E-state index is 0.0771. The summed E-state index contributed by atoms with van der Waals surface area (Å²) >= 11 is 0. The van der Waals surface area contributed by atoms with Crippen LogP contribution in [0.15, 0.2) is 24.3 Å². The van der Waals surface area contributed by atoms with Crippen LogP contribution < -0.4 is 10.6 Å². The Labute approximate surface area is 107 Å². The summed E-state index contributed by atoms with van der Waals surface area (Å²) in [5.41, 5.74) is 0.803. The zero-order valence-corrected chi connectivity index (χ0v) is 10.6. The highest BCUT2D eigenvalue weighted by molar-refractivity contribution is 5.79. The van der Waals surface area contributed by atoms with E-state index in [0.717, 1.165) is 31.5 Å². The van der Waals surface area contributed by atoms with Gasteiger partial charge in [-0.15, -0.1) is 0 Å². The first-order valence-corrected chi connectivity index (χ1v) is 6.43. The van der Waals surface area contributed by atoms with Gasteiger partial charge in [-0.3, -0.25) is 4.79 Å². The minimum atomic E-state index is -0.268. The molecule has 0 saturated carbocycles. The molecule has 98 valence electrons. The lowest BCUT2D eigenvalue weighted by atomic mass is 9.96. The number of rotatable bonds is 3. The molecule has 4 heteroatoms. The molecule has 1 heterocycles. The van der Waals surface area contributed by atoms with Crippen LogP contribution in [0.1, 0.15) is 31.4 Å². The van der Waals surface area contributed by atoms with Crippen molar-refractivity contribution in [2.24, 2.45) is 5.92 Å². The lowest BCUT2D eigenvalue weighted by Gasteiger charge is -2.24. The van der Waals surface area contributed by atoms with Gasteiger partial charge in [-0.2, -0.15) is 0 Å². The molecule has 3 nitrogen and oxygen atoms in total. The van der Waals surface area contributed by atoms with Gasteiger partial charge >= 0.3 is 0 Å². The summed E-state index contributed by atoms with van der Waals surface area (Å²) in [6.45, 7) is 3.67. The van der Waals surface area contributed by atoms with Crippen LogP contribution in [-0.2, 0) is 4.79 Å². The molecule has 18 heavy (non-hydrogen) atoms. The summed E-state index contributed by atoms with van der Waals surface area (Å²) in [5.74, 6) is -0.106. The van der Waals surface area contributed by atoms with E-state index in [4.69, 9.17) is 0 Å². The lowest BCUT2D eigenvalue weighted by Crippen LogP contribution is -2.39. The van der Waals surface area contributed by atoms with Gasteiger partial charge in [0, 0.05) is 5.92 Å². The number of carbonyl (C=O) groups is 1. The zero-order valence-electron chi connectivity index (χ0n) is 10.6. The Hall–Kier alpha value is -1.42. The van der Waals surface area contributed by atoms with Crippen LogP contribution in [-0.4, -0.2) is 19.0 Å². The number of nitrogens with one attached hydrogen (secondary N) is 2. The number of hydrogen-bond acceptors (Lipinski definition) is 2. The average Bonchev–Trinajstić information content (AvgIpc) is 2.39. The normalized spacial score (nSPS) is 18.3. The molecule has 0 aromatic heterocycles. The fourth-order valence-electron chi connectivity index (χ4n) is 2.27. The van der Waals surface area contributed by atoms with Gasteiger partial charge in [0.05, 0.1) is 6.04 Å². The van der Waals surface area contributed by atoms with Gasteiger partial charge in [0.2, 0.25) is 5.91 Å². The van der Waals surface area contributed by atoms with Crippen molar-refractivity contribution in [1.82, 2.24) is 10.6 Å². The van der Waals surface area contributed by atoms with E-state index in [0.29, 0.717) is 0 Å². The van der Waals surface area contributed by atoms with Crippen molar-refractivity contribution in [3.63, 3.8) is 0 Å². The first-order chi connectivity index (χ1) is 8.66. The Bertz CT molecular complexity index is 416. The third kappa shape index (κ3) is 3.29. The molecule has 2 N–H and O–H groups in total. The van der Waals surface area contributed by atoms with E-state index in [1.165, 1.54) is 12.1 Å². The van der Waals surface area contributed by atoms with E-state index < -0.39 is 0 Å². The SMILES string of the molecule is CC(NC(=O)C1CCNCC1)c1cccc(F)c1. The van der Waals surface area contributed by atoms with Crippen molar-refractivity contribution in [2.75, 3.05) is 13.1 Å². The quantitative estimate of drug-likeness (QED) is 0.861. The fraction of sp³-hybridized carbons (Fsp3) is 0.500. The number of carbonyl (C=O) groups excluding carboxylic acids is 1. The predicted octanol–water partition coefficient (Wildman–Crippen LogP) is 2.00. The fourth-order valence-corrected chi connectivity index (χ4v) is 2.27. The van der Waals surface area contributed by atoms with E-state index in [9.17, 15) is 9.18 Å². The number of halogens is 1. The Kier molecular flexibility index (Phi) is 4.31. The number of benzene rings is 1. The van der Waals surface area contributed by atoms with Crippen LogP contribution in [0.5, 0.6) is 0 Å². The van der Waals surface area contributed by atoms with Crippen molar-refractivity contribution in [1.29, 1.82) is 0 Å². The summed E-state index contributed by atoms with van der Waals surface area (Å²) in [4.78, 5) is 12.0. The van der Waals surface area contributed by atoms with Crippen LogP contribution in [0.25, 0.3) is 0 Å². The molecule has 1 atom stereocenters. The second-order valence-corrected chi connectivity index (χ2v) is 4.81. The molecule has 2 rings (SSSR count). The van der Waals surface area contributed by atoms with E-state index in [-0.39, 0.29) is 23.7 Å². The molecular weight excluding hydrogens is 231 g/mol. The number of piperidine rings is 1. The molecule has 1 aromatic carbocycles. The first kappa shape index (κ1) is 13.0. The zero-order chi connectivity index (χ0) is 13.0. The predicted molar refractivity (Wildman–Crippen MR) is 68.6 cm³/mol. The summed E-state index contributed by atoms with van der Waals surface area (Å²) in [6.07, 6.45) is 1.75. The largest absolute Gasteiger partial charge is 0.349 e. The average molecular weight is 250 g/mol. The standard InChI is InChI=1S/C14H19FN2O/c1-10(12-3-2-4-13(15)9-12)17-14(18)11-5-7-16-8-6-11/h2-4,9-11,16H,5-8H2,1H3,(H,17,18). The molecule has 1 saturated heterocycles. The smallest absolute Gasteiger partial charge is 0.223 e. The van der Waals surface area contributed by atoms with E-state index in [1.54, 1.807) is 6.07 Å².